The lowest BCUT2D eigenvalue weighted by atomic mass is 9.89. The van der Waals surface area contributed by atoms with Gasteiger partial charge in [-0.15, -0.1) is 0 Å². The monoisotopic (exact) mass is 476 g/mol. The first kappa shape index (κ1) is 23.0. The molecule has 1 aromatic heterocycles. The Morgan fingerprint density at radius 3 is 2.91 bits per heavy atom. The van der Waals surface area contributed by atoms with Crippen molar-refractivity contribution in [2.45, 2.75) is 44.2 Å². The average molecular weight is 477 g/mol. The predicted molar refractivity (Wildman–Crippen MR) is 120 cm³/mol. The van der Waals surface area contributed by atoms with Gasteiger partial charge in [0, 0.05) is 31.9 Å². The Kier molecular flexibility index (Phi) is 6.69. The SMILES string of the molecule is O=CC1=C2OCC3=C(CCCC3)c3ccnn3CC(F)(F)C2NC(OCCN2CCOCC2)=C1. The second-order valence-corrected chi connectivity index (χ2v) is 9.04. The summed E-state index contributed by atoms with van der Waals surface area (Å²) in [6.45, 7) is 3.42. The highest BCUT2D eigenvalue weighted by atomic mass is 19.3. The summed E-state index contributed by atoms with van der Waals surface area (Å²) in [4.78, 5) is 14.1. The number of dihydropyridines is 1. The number of carbonyl (C=O) groups excluding carboxylic acids is 1. The van der Waals surface area contributed by atoms with Gasteiger partial charge in [-0.25, -0.2) is 8.78 Å². The van der Waals surface area contributed by atoms with Crippen LogP contribution in [-0.4, -0.2) is 79.0 Å². The molecule has 0 bridgehead atoms. The van der Waals surface area contributed by atoms with Crippen LogP contribution in [0.2, 0.25) is 0 Å². The van der Waals surface area contributed by atoms with Gasteiger partial charge in [-0.05, 0) is 42.9 Å². The summed E-state index contributed by atoms with van der Waals surface area (Å²) in [5.41, 5.74) is 2.89. The molecule has 1 saturated heterocycles. The van der Waals surface area contributed by atoms with Crippen LogP contribution in [0, 0.1) is 0 Å². The van der Waals surface area contributed by atoms with E-state index in [1.54, 1.807) is 12.3 Å². The Balaban J connectivity index is 1.42. The van der Waals surface area contributed by atoms with Gasteiger partial charge in [-0.3, -0.25) is 14.4 Å². The Hall–Kier alpha value is -2.72. The number of hydrogen-bond donors (Lipinski definition) is 1. The molecule has 8 nitrogen and oxygen atoms in total. The Morgan fingerprint density at radius 2 is 2.09 bits per heavy atom. The second-order valence-electron chi connectivity index (χ2n) is 9.04. The fourth-order valence-corrected chi connectivity index (χ4v) is 4.98. The number of ether oxygens (including phenoxy) is 3. The number of fused-ring (bicyclic) bond motifs is 3. The smallest absolute Gasteiger partial charge is 0.294 e. The van der Waals surface area contributed by atoms with Gasteiger partial charge in [0.2, 0.25) is 0 Å². The van der Waals surface area contributed by atoms with Crippen LogP contribution in [-0.2, 0) is 25.5 Å². The number of hydrogen-bond acceptors (Lipinski definition) is 7. The van der Waals surface area contributed by atoms with E-state index < -0.39 is 18.5 Å². The molecule has 0 amide bonds. The summed E-state index contributed by atoms with van der Waals surface area (Å²) >= 11 is 0. The number of allylic oxidation sites excluding steroid dienone is 3. The van der Waals surface area contributed by atoms with Crippen molar-refractivity contribution in [1.82, 2.24) is 20.0 Å². The molecule has 1 aliphatic carbocycles. The number of aldehydes is 1. The van der Waals surface area contributed by atoms with Gasteiger partial charge < -0.3 is 19.5 Å². The third kappa shape index (κ3) is 4.74. The normalized spacial score (nSPS) is 25.2. The van der Waals surface area contributed by atoms with Crippen molar-refractivity contribution in [2.75, 3.05) is 46.1 Å². The van der Waals surface area contributed by atoms with E-state index in [-0.39, 0.29) is 23.8 Å². The molecule has 4 aliphatic rings. The first-order valence-corrected chi connectivity index (χ1v) is 11.9. The average Bonchev–Trinajstić information content (AvgIpc) is 3.30. The number of alkyl halides is 2. The molecule has 3 aliphatic heterocycles. The molecule has 184 valence electrons. The third-order valence-electron chi connectivity index (χ3n) is 6.81. The third-order valence-corrected chi connectivity index (χ3v) is 6.81. The largest absolute Gasteiger partial charge is 0.490 e. The van der Waals surface area contributed by atoms with Crippen molar-refractivity contribution in [3.8, 4) is 0 Å². The van der Waals surface area contributed by atoms with E-state index in [9.17, 15) is 4.79 Å². The molecule has 1 fully saturated rings. The Bertz CT molecular complexity index is 1010. The van der Waals surface area contributed by atoms with Gasteiger partial charge in [-0.1, -0.05) is 0 Å². The van der Waals surface area contributed by atoms with Crippen molar-refractivity contribution in [3.05, 3.63) is 46.8 Å². The molecule has 5 rings (SSSR count). The number of nitrogens with one attached hydrogen (secondary N) is 1. The lowest BCUT2D eigenvalue weighted by Gasteiger charge is -2.36. The number of aromatic nitrogens is 2. The van der Waals surface area contributed by atoms with Crippen LogP contribution in [0.15, 0.2) is 41.1 Å². The number of morpholine rings is 1. The fraction of sp³-hybridized carbons (Fsp3) is 0.583. The molecule has 34 heavy (non-hydrogen) atoms. The van der Waals surface area contributed by atoms with E-state index in [0.717, 1.165) is 49.9 Å². The van der Waals surface area contributed by atoms with Crippen LogP contribution in [0.25, 0.3) is 5.57 Å². The maximum atomic E-state index is 15.7. The molecule has 1 unspecified atom stereocenters. The first-order valence-electron chi connectivity index (χ1n) is 11.9. The van der Waals surface area contributed by atoms with Crippen molar-refractivity contribution >= 4 is 11.9 Å². The highest BCUT2D eigenvalue weighted by molar-refractivity contribution is 5.79. The minimum absolute atomic E-state index is 0.0476. The molecule has 4 heterocycles. The van der Waals surface area contributed by atoms with Gasteiger partial charge in [0.25, 0.3) is 5.92 Å². The van der Waals surface area contributed by atoms with Crippen molar-refractivity contribution in [2.24, 2.45) is 0 Å². The molecule has 0 aromatic carbocycles. The van der Waals surface area contributed by atoms with Gasteiger partial charge in [0.15, 0.2) is 18.2 Å². The zero-order valence-electron chi connectivity index (χ0n) is 19.1. The van der Waals surface area contributed by atoms with E-state index >= 15 is 8.78 Å². The van der Waals surface area contributed by atoms with E-state index in [1.165, 1.54) is 10.8 Å². The maximum absolute atomic E-state index is 15.7. The Morgan fingerprint density at radius 1 is 1.26 bits per heavy atom. The molecule has 1 N–H and O–H groups in total. The molecule has 0 spiro atoms. The lowest BCUT2D eigenvalue weighted by molar-refractivity contribution is -0.105. The highest BCUT2D eigenvalue weighted by Crippen LogP contribution is 2.38. The van der Waals surface area contributed by atoms with E-state index in [2.05, 4.69) is 15.3 Å². The van der Waals surface area contributed by atoms with Crippen molar-refractivity contribution in [1.29, 1.82) is 0 Å². The van der Waals surface area contributed by atoms with Crippen molar-refractivity contribution < 1.29 is 27.8 Å². The van der Waals surface area contributed by atoms with Crippen LogP contribution >= 0.6 is 0 Å². The molecular formula is C24H30F2N4O4. The van der Waals surface area contributed by atoms with E-state index in [0.29, 0.717) is 38.3 Å². The van der Waals surface area contributed by atoms with Crippen LogP contribution in [0.3, 0.4) is 0 Å². The van der Waals surface area contributed by atoms with Crippen LogP contribution in [0.1, 0.15) is 31.4 Å². The standard InChI is InChI=1S/C24H30F2N4O4/c25-24(26)16-30-20(5-6-27-30)19-4-2-1-3-17(19)15-34-22-18(14-31)13-21(28-23(22)24)33-12-9-29-7-10-32-11-8-29/h5-6,13-14,23,28H,1-4,7-12,15-16H2. The topological polar surface area (TPSA) is 77.8 Å². The number of rotatable bonds is 5. The molecular weight excluding hydrogens is 446 g/mol. The summed E-state index contributed by atoms with van der Waals surface area (Å²) in [7, 11) is 0. The quantitative estimate of drug-likeness (QED) is 0.655. The molecule has 0 saturated carbocycles. The minimum atomic E-state index is -3.29. The van der Waals surface area contributed by atoms with Gasteiger partial charge >= 0.3 is 0 Å². The minimum Gasteiger partial charge on any atom is -0.490 e. The summed E-state index contributed by atoms with van der Waals surface area (Å²) in [5, 5.41) is 7.01. The molecule has 1 aromatic rings. The zero-order chi connectivity index (χ0) is 23.5. The van der Waals surface area contributed by atoms with E-state index in [4.69, 9.17) is 14.2 Å². The summed E-state index contributed by atoms with van der Waals surface area (Å²) in [5.74, 6) is -3.19. The van der Waals surface area contributed by atoms with Crippen molar-refractivity contribution in [3.63, 3.8) is 0 Å². The van der Waals surface area contributed by atoms with E-state index in [1.807, 2.05) is 0 Å². The second kappa shape index (κ2) is 9.87. The lowest BCUT2D eigenvalue weighted by Crippen LogP contribution is -2.51. The van der Waals surface area contributed by atoms with Gasteiger partial charge in [0.1, 0.15) is 25.5 Å². The van der Waals surface area contributed by atoms with Crippen LogP contribution in [0.4, 0.5) is 8.78 Å². The molecule has 1 atom stereocenters. The zero-order valence-corrected chi connectivity index (χ0v) is 19.1. The Labute approximate surface area is 197 Å². The van der Waals surface area contributed by atoms with Crippen LogP contribution in [0.5, 0.6) is 0 Å². The summed E-state index contributed by atoms with van der Waals surface area (Å²) < 4.78 is 49.9. The number of halogens is 2. The molecule has 0 radical (unpaired) electrons. The fourth-order valence-electron chi connectivity index (χ4n) is 4.98. The summed E-state index contributed by atoms with van der Waals surface area (Å²) in [6, 6.07) is 0.249. The first-order chi connectivity index (χ1) is 16.5. The number of carbonyl (C=O) groups is 1. The van der Waals surface area contributed by atoms with Crippen LogP contribution < -0.4 is 5.32 Å². The van der Waals surface area contributed by atoms with Gasteiger partial charge in [-0.2, -0.15) is 5.10 Å². The van der Waals surface area contributed by atoms with Gasteiger partial charge in [0.05, 0.1) is 24.5 Å². The molecule has 10 heteroatoms. The maximum Gasteiger partial charge on any atom is 0.294 e. The highest BCUT2D eigenvalue weighted by Gasteiger charge is 2.47. The summed E-state index contributed by atoms with van der Waals surface area (Å²) in [6.07, 6.45) is 7.24. The predicted octanol–water partition coefficient (Wildman–Crippen LogP) is 2.49. The number of nitrogens with zero attached hydrogens (tertiary/aromatic N) is 3.